The van der Waals surface area contributed by atoms with Gasteiger partial charge >= 0.3 is 17.9 Å². The minimum absolute atomic E-state index is 0.190. The zero-order valence-corrected chi connectivity index (χ0v) is 13.3. The Bertz CT molecular complexity index is 564. The lowest BCUT2D eigenvalue weighted by atomic mass is 9.93. The maximum absolute atomic E-state index is 10.6. The Kier molecular flexibility index (Phi) is 9.72. The first-order valence-electron chi connectivity index (χ1n) is 6.94. The number of benzene rings is 1. The van der Waals surface area contributed by atoms with Crippen molar-refractivity contribution >= 4 is 17.9 Å². The van der Waals surface area contributed by atoms with Crippen LogP contribution in [0.2, 0.25) is 0 Å². The quantitative estimate of drug-likeness (QED) is 0.312. The van der Waals surface area contributed by atoms with E-state index >= 15 is 0 Å². The predicted molar refractivity (Wildman–Crippen MR) is 85.2 cm³/mol. The van der Waals surface area contributed by atoms with Crippen molar-refractivity contribution in [2.75, 3.05) is 26.4 Å². The molecule has 0 atom stereocenters. The molecule has 9 heteroatoms. The van der Waals surface area contributed by atoms with Gasteiger partial charge in [-0.25, -0.2) is 14.4 Å². The summed E-state index contributed by atoms with van der Waals surface area (Å²) < 4.78 is 4.59. The van der Waals surface area contributed by atoms with E-state index in [1.807, 2.05) is 0 Å². The summed E-state index contributed by atoms with van der Waals surface area (Å²) in [6.07, 6.45) is 0.969. The summed E-state index contributed by atoms with van der Waals surface area (Å²) in [5, 5.41) is 43.6. The molecule has 0 aliphatic heterocycles. The van der Waals surface area contributed by atoms with Crippen molar-refractivity contribution < 1.29 is 44.7 Å². The Hall–Kier alpha value is -2.75. The highest BCUT2D eigenvalue weighted by molar-refractivity contribution is 6.01. The SMILES string of the molecule is C=CC(=O)OCC(CO)(CO)CO.O=C(O)c1ccccc1C(=O)O. The van der Waals surface area contributed by atoms with Crippen LogP contribution in [-0.4, -0.2) is 69.9 Å². The normalized spacial score (nSPS) is 10.2. The molecule has 0 aliphatic rings. The van der Waals surface area contributed by atoms with Crippen LogP contribution in [0.5, 0.6) is 0 Å². The molecule has 0 fully saturated rings. The number of esters is 1. The highest BCUT2D eigenvalue weighted by atomic mass is 16.5. The first kappa shape index (κ1) is 22.2. The average Bonchev–Trinajstić information content (AvgIpc) is 2.63. The molecule has 0 amide bonds. The fraction of sp³-hybridized carbons (Fsp3) is 0.312. The van der Waals surface area contributed by atoms with Gasteiger partial charge in [0.05, 0.1) is 36.4 Å². The van der Waals surface area contributed by atoms with Crippen LogP contribution in [0.1, 0.15) is 20.7 Å². The van der Waals surface area contributed by atoms with Gasteiger partial charge in [0.15, 0.2) is 0 Å². The Morgan fingerprint density at radius 1 is 0.960 bits per heavy atom. The van der Waals surface area contributed by atoms with Crippen LogP contribution in [0.3, 0.4) is 0 Å². The monoisotopic (exact) mass is 356 g/mol. The number of carboxylic acids is 2. The van der Waals surface area contributed by atoms with Crippen molar-refractivity contribution in [3.8, 4) is 0 Å². The molecule has 0 aromatic heterocycles. The van der Waals surface area contributed by atoms with Crippen molar-refractivity contribution in [3.63, 3.8) is 0 Å². The molecule has 1 rings (SSSR count). The second-order valence-electron chi connectivity index (χ2n) is 4.94. The molecule has 0 spiro atoms. The van der Waals surface area contributed by atoms with Crippen LogP contribution in [0, 0.1) is 5.41 Å². The maximum Gasteiger partial charge on any atom is 0.336 e. The van der Waals surface area contributed by atoms with E-state index in [4.69, 9.17) is 25.5 Å². The third-order valence-corrected chi connectivity index (χ3v) is 3.08. The highest BCUT2D eigenvalue weighted by Crippen LogP contribution is 2.14. The lowest BCUT2D eigenvalue weighted by molar-refractivity contribution is -0.145. The summed E-state index contributed by atoms with van der Waals surface area (Å²) in [5.74, 6) is -3.11. The molecule has 0 aliphatic carbocycles. The molecule has 0 radical (unpaired) electrons. The number of rotatable bonds is 8. The first-order chi connectivity index (χ1) is 11.8. The first-order valence-corrected chi connectivity index (χ1v) is 6.94. The number of hydrogen-bond donors (Lipinski definition) is 5. The lowest BCUT2D eigenvalue weighted by Crippen LogP contribution is -2.39. The van der Waals surface area contributed by atoms with Crippen molar-refractivity contribution in [2.45, 2.75) is 0 Å². The molecule has 25 heavy (non-hydrogen) atoms. The van der Waals surface area contributed by atoms with Gasteiger partial charge in [-0.1, -0.05) is 18.7 Å². The number of carbonyl (C=O) groups excluding carboxylic acids is 1. The van der Waals surface area contributed by atoms with Gasteiger partial charge in [-0.15, -0.1) is 0 Å². The molecule has 9 nitrogen and oxygen atoms in total. The summed E-state index contributed by atoms with van der Waals surface area (Å²) >= 11 is 0. The fourth-order valence-electron chi connectivity index (χ4n) is 1.43. The zero-order chi connectivity index (χ0) is 19.5. The molecule has 1 aromatic rings. The van der Waals surface area contributed by atoms with Crippen LogP contribution in [0.15, 0.2) is 36.9 Å². The third-order valence-electron chi connectivity index (χ3n) is 3.08. The van der Waals surface area contributed by atoms with E-state index in [1.54, 1.807) is 0 Å². The minimum atomic E-state index is -1.23. The highest BCUT2D eigenvalue weighted by Gasteiger charge is 2.29. The van der Waals surface area contributed by atoms with Gasteiger partial charge in [0, 0.05) is 6.08 Å². The fourth-order valence-corrected chi connectivity index (χ4v) is 1.43. The minimum Gasteiger partial charge on any atom is -0.478 e. The number of aliphatic hydroxyl groups is 3. The predicted octanol–water partition coefficient (Wildman–Crippen LogP) is -0.238. The molecule has 5 N–H and O–H groups in total. The van der Waals surface area contributed by atoms with Crippen LogP contribution in [-0.2, 0) is 9.53 Å². The summed E-state index contributed by atoms with van der Waals surface area (Å²) in [6, 6.07) is 5.48. The standard InChI is InChI=1S/C8H14O5.C8H6O4/c1-2-7(12)13-6-8(3-9,4-10)5-11;9-7(10)5-3-1-2-4-6(5)8(11)12/h2,9-11H,1,3-6H2;1-4H,(H,9,10)(H,11,12). The maximum atomic E-state index is 10.6. The van der Waals surface area contributed by atoms with Crippen molar-refractivity contribution in [2.24, 2.45) is 5.41 Å². The Labute approximate surface area is 143 Å². The average molecular weight is 356 g/mol. The van der Waals surface area contributed by atoms with Crippen LogP contribution in [0.4, 0.5) is 0 Å². The van der Waals surface area contributed by atoms with Gasteiger partial charge in [-0.3, -0.25) is 0 Å². The van der Waals surface area contributed by atoms with Crippen LogP contribution < -0.4 is 0 Å². The van der Waals surface area contributed by atoms with Gasteiger partial charge in [0.25, 0.3) is 0 Å². The van der Waals surface area contributed by atoms with Gasteiger partial charge in [0.2, 0.25) is 0 Å². The molecule has 0 saturated carbocycles. The van der Waals surface area contributed by atoms with Crippen LogP contribution in [0.25, 0.3) is 0 Å². The summed E-state index contributed by atoms with van der Waals surface area (Å²) in [5.41, 5.74) is -1.55. The second kappa shape index (κ2) is 10.9. The van der Waals surface area contributed by atoms with E-state index < -0.39 is 43.1 Å². The molecule has 1 aromatic carbocycles. The van der Waals surface area contributed by atoms with Crippen LogP contribution >= 0.6 is 0 Å². The molecule has 0 unspecified atom stereocenters. The molecule has 0 bridgehead atoms. The van der Waals surface area contributed by atoms with Gasteiger partial charge in [0.1, 0.15) is 6.61 Å². The van der Waals surface area contributed by atoms with Crippen molar-refractivity contribution in [1.29, 1.82) is 0 Å². The number of hydrogen-bond acceptors (Lipinski definition) is 7. The Morgan fingerprint density at radius 2 is 1.36 bits per heavy atom. The number of carbonyl (C=O) groups is 3. The van der Waals surface area contributed by atoms with Gasteiger partial charge in [-0.05, 0) is 12.1 Å². The van der Waals surface area contributed by atoms with E-state index in [-0.39, 0.29) is 17.7 Å². The number of carboxylic acid groups (broad SMARTS) is 2. The topological polar surface area (TPSA) is 162 Å². The number of aliphatic hydroxyl groups excluding tert-OH is 3. The molecule has 0 saturated heterocycles. The molecule has 0 heterocycles. The zero-order valence-electron chi connectivity index (χ0n) is 13.3. The van der Waals surface area contributed by atoms with E-state index in [0.717, 1.165) is 6.08 Å². The molecular formula is C16H20O9. The molecular weight excluding hydrogens is 336 g/mol. The summed E-state index contributed by atoms with van der Waals surface area (Å²) in [7, 11) is 0. The third kappa shape index (κ3) is 7.12. The van der Waals surface area contributed by atoms with Crippen molar-refractivity contribution in [3.05, 3.63) is 48.0 Å². The molecule has 138 valence electrons. The van der Waals surface area contributed by atoms with E-state index in [9.17, 15) is 14.4 Å². The van der Waals surface area contributed by atoms with E-state index in [2.05, 4.69) is 11.3 Å². The lowest BCUT2D eigenvalue weighted by Gasteiger charge is -2.26. The van der Waals surface area contributed by atoms with E-state index in [0.29, 0.717) is 0 Å². The van der Waals surface area contributed by atoms with Gasteiger partial charge in [-0.2, -0.15) is 0 Å². The van der Waals surface area contributed by atoms with E-state index in [1.165, 1.54) is 24.3 Å². The summed E-state index contributed by atoms with van der Waals surface area (Å²) in [4.78, 5) is 31.5. The largest absolute Gasteiger partial charge is 0.478 e. The number of aromatic carboxylic acids is 2. The summed E-state index contributed by atoms with van der Waals surface area (Å²) in [6.45, 7) is 1.58. The van der Waals surface area contributed by atoms with Gasteiger partial charge < -0.3 is 30.3 Å². The number of ether oxygens (including phenoxy) is 1. The van der Waals surface area contributed by atoms with Crippen molar-refractivity contribution in [1.82, 2.24) is 0 Å². The Morgan fingerprint density at radius 3 is 1.64 bits per heavy atom. The Balaban J connectivity index is 0.000000462. The second-order valence-corrected chi connectivity index (χ2v) is 4.94. The smallest absolute Gasteiger partial charge is 0.336 e.